The molecule has 0 aliphatic heterocycles. The molecule has 0 saturated heterocycles. The van der Waals surface area contributed by atoms with E-state index in [9.17, 15) is 24.9 Å². The van der Waals surface area contributed by atoms with Crippen LogP contribution in [0.15, 0.2) is 12.2 Å². The van der Waals surface area contributed by atoms with E-state index in [-0.39, 0.29) is 58.7 Å². The SMILES string of the molecule is C=C(C)[C@@H]1CC[C@]2(C(O)N(C)NCO)CC[C@]3(C)[C@H](CC[C@@H]4[C@@]5(C)CC[C@H](OC(=O)CC(C)(C)CC(=O)O)C(C)(C)[C@@H]5CC[C@]43C)[C@@H]12. The summed E-state index contributed by atoms with van der Waals surface area (Å²) < 4.78 is 6.25. The molecule has 0 bridgehead atoms. The second kappa shape index (κ2) is 12.4. The average Bonchev–Trinajstić information content (AvgIpc) is 3.35. The molecule has 5 aliphatic rings. The fraction of sp³-hybridized carbons (Fsp3) is 0.897. The van der Waals surface area contributed by atoms with Gasteiger partial charge in [-0.25, -0.2) is 10.4 Å². The van der Waals surface area contributed by atoms with Crippen molar-refractivity contribution in [1.29, 1.82) is 0 Å². The molecule has 0 aromatic carbocycles. The maximum absolute atomic E-state index is 13.2. The zero-order chi connectivity index (χ0) is 35.0. The predicted octanol–water partition coefficient (Wildman–Crippen LogP) is 7.15. The van der Waals surface area contributed by atoms with Crippen LogP contribution >= 0.6 is 0 Å². The fourth-order valence-electron chi connectivity index (χ4n) is 13.5. The molecule has 0 spiro atoms. The van der Waals surface area contributed by atoms with Gasteiger partial charge in [0, 0.05) is 17.9 Å². The maximum atomic E-state index is 13.2. The van der Waals surface area contributed by atoms with Crippen LogP contribution in [0.4, 0.5) is 0 Å². The molecule has 5 rings (SSSR count). The molecule has 1 unspecified atom stereocenters. The topological polar surface area (TPSA) is 119 Å². The number of allylic oxidation sites excluding steroid dienone is 1. The minimum absolute atomic E-state index is 0.0544. The van der Waals surface area contributed by atoms with Gasteiger partial charge in [0.2, 0.25) is 0 Å². The molecule has 5 aliphatic carbocycles. The van der Waals surface area contributed by atoms with Crippen LogP contribution in [0.3, 0.4) is 0 Å². The number of rotatable bonds is 10. The monoisotopic (exact) mass is 658 g/mol. The smallest absolute Gasteiger partial charge is 0.306 e. The molecule has 0 amide bonds. The first-order chi connectivity index (χ1) is 21.7. The van der Waals surface area contributed by atoms with E-state index in [0.717, 1.165) is 57.8 Å². The van der Waals surface area contributed by atoms with Crippen molar-refractivity contribution in [2.75, 3.05) is 13.8 Å². The third-order valence-corrected chi connectivity index (χ3v) is 15.8. The molecule has 11 atom stereocenters. The highest BCUT2D eigenvalue weighted by atomic mass is 16.5. The molecule has 0 aromatic rings. The molecule has 8 nitrogen and oxygen atoms in total. The number of carbonyl (C=O) groups is 2. The van der Waals surface area contributed by atoms with Gasteiger partial charge in [-0.05, 0) is 122 Å². The molecule has 47 heavy (non-hydrogen) atoms. The van der Waals surface area contributed by atoms with E-state index in [4.69, 9.17) is 4.74 Å². The van der Waals surface area contributed by atoms with E-state index in [1.54, 1.807) is 5.01 Å². The number of hydrogen-bond acceptors (Lipinski definition) is 7. The Morgan fingerprint density at radius 2 is 1.62 bits per heavy atom. The van der Waals surface area contributed by atoms with Crippen LogP contribution in [-0.4, -0.2) is 58.4 Å². The number of fused-ring (bicyclic) bond motifs is 7. The summed E-state index contributed by atoms with van der Waals surface area (Å²) in [5, 5.41) is 32.6. The molecular formula is C39H66N2O6. The second-order valence-corrected chi connectivity index (χ2v) is 19.0. The largest absolute Gasteiger partial charge is 0.481 e. The maximum Gasteiger partial charge on any atom is 0.306 e. The third-order valence-electron chi connectivity index (χ3n) is 15.8. The van der Waals surface area contributed by atoms with Gasteiger partial charge in [0.05, 0.1) is 12.8 Å². The molecule has 268 valence electrons. The standard InChI is InChI=1S/C39H66N2O6/c1-24(2)25-13-18-39(33(46)41(10)40-23-42)20-19-37(8)26(32(25)39)11-12-28-36(7)16-15-29(35(5,6)27(36)14-17-38(28,37)9)47-31(45)22-34(3,4)21-30(43)44/h25-29,32-33,40,42,46H,1,11-23H2,2-10H3,(H,43,44)/t25-,26+,27-,28+,29-,32+,33?,36-,37+,38+,39-/m0/s1. The number of carbonyl (C=O) groups excluding carboxylic acids is 1. The van der Waals surface area contributed by atoms with Crippen molar-refractivity contribution in [2.45, 2.75) is 145 Å². The highest BCUT2D eigenvalue weighted by molar-refractivity contribution is 5.73. The first-order valence-electron chi connectivity index (χ1n) is 18.5. The van der Waals surface area contributed by atoms with E-state index in [2.05, 4.69) is 53.5 Å². The third kappa shape index (κ3) is 5.73. The number of carboxylic acid groups (broad SMARTS) is 1. The van der Waals surface area contributed by atoms with Gasteiger partial charge < -0.3 is 20.1 Å². The van der Waals surface area contributed by atoms with Crippen LogP contribution in [0.2, 0.25) is 0 Å². The molecule has 0 aromatic heterocycles. The Bertz CT molecular complexity index is 1230. The summed E-state index contributed by atoms with van der Waals surface area (Å²) in [7, 11) is 1.86. The highest BCUT2D eigenvalue weighted by Gasteiger charge is 2.72. The first kappa shape index (κ1) is 36.8. The lowest BCUT2D eigenvalue weighted by Gasteiger charge is -2.73. The lowest BCUT2D eigenvalue weighted by Crippen LogP contribution is -2.68. The average molecular weight is 659 g/mol. The molecular weight excluding hydrogens is 592 g/mol. The second-order valence-electron chi connectivity index (χ2n) is 19.0. The van der Waals surface area contributed by atoms with E-state index in [1.165, 1.54) is 12.0 Å². The minimum atomic E-state index is -0.890. The van der Waals surface area contributed by atoms with E-state index in [1.807, 2.05) is 20.9 Å². The fourth-order valence-corrected chi connectivity index (χ4v) is 13.5. The normalized spacial score (nSPS) is 43.2. The van der Waals surface area contributed by atoms with E-state index >= 15 is 0 Å². The molecule has 5 fully saturated rings. The van der Waals surface area contributed by atoms with Gasteiger partial charge in [-0.3, -0.25) is 9.59 Å². The van der Waals surface area contributed by atoms with Crippen LogP contribution in [0, 0.1) is 62.1 Å². The lowest BCUT2D eigenvalue weighted by atomic mass is 9.32. The predicted molar refractivity (Wildman–Crippen MR) is 183 cm³/mol. The summed E-state index contributed by atoms with van der Waals surface area (Å²) in [5.41, 5.74) is 3.61. The quantitative estimate of drug-likeness (QED) is 0.0846. The minimum Gasteiger partial charge on any atom is -0.481 e. The number of esters is 1. The van der Waals surface area contributed by atoms with Crippen molar-refractivity contribution in [2.24, 2.45) is 62.1 Å². The van der Waals surface area contributed by atoms with Gasteiger partial charge in [-0.2, -0.15) is 0 Å². The number of hydrogen-bond donors (Lipinski definition) is 4. The van der Waals surface area contributed by atoms with Crippen molar-refractivity contribution >= 4 is 11.9 Å². The van der Waals surface area contributed by atoms with Gasteiger partial charge in [0.25, 0.3) is 0 Å². The van der Waals surface area contributed by atoms with Crippen molar-refractivity contribution in [3.63, 3.8) is 0 Å². The Kier molecular flexibility index (Phi) is 9.69. The van der Waals surface area contributed by atoms with Gasteiger partial charge in [0.15, 0.2) is 0 Å². The molecule has 4 N–H and O–H groups in total. The Balaban J connectivity index is 1.41. The number of hydrazine groups is 1. The van der Waals surface area contributed by atoms with Crippen LogP contribution in [0.5, 0.6) is 0 Å². The molecule has 5 saturated carbocycles. The summed E-state index contributed by atoms with van der Waals surface area (Å²) >= 11 is 0. The van der Waals surface area contributed by atoms with Gasteiger partial charge in [-0.15, -0.1) is 0 Å². The zero-order valence-corrected chi connectivity index (χ0v) is 31.0. The summed E-state index contributed by atoms with van der Waals surface area (Å²) in [6.45, 7) is 22.5. The van der Waals surface area contributed by atoms with Crippen molar-refractivity contribution in [1.82, 2.24) is 10.4 Å². The van der Waals surface area contributed by atoms with Gasteiger partial charge >= 0.3 is 11.9 Å². The van der Waals surface area contributed by atoms with Crippen LogP contribution in [0.1, 0.15) is 132 Å². The number of aliphatic hydroxyl groups is 2. The number of nitrogens with zero attached hydrogens (tertiary/aromatic N) is 1. The van der Waals surface area contributed by atoms with Crippen molar-refractivity contribution in [3.05, 3.63) is 12.2 Å². The number of carboxylic acids is 1. The molecule has 0 radical (unpaired) electrons. The summed E-state index contributed by atoms with van der Waals surface area (Å²) in [5.74, 6) is 1.09. The molecule has 8 heteroatoms. The first-order valence-corrected chi connectivity index (χ1v) is 18.5. The zero-order valence-electron chi connectivity index (χ0n) is 31.0. The molecule has 0 heterocycles. The van der Waals surface area contributed by atoms with Gasteiger partial charge in [-0.1, -0.05) is 60.6 Å². The van der Waals surface area contributed by atoms with Crippen LogP contribution < -0.4 is 5.43 Å². The van der Waals surface area contributed by atoms with Crippen molar-refractivity contribution < 1.29 is 29.6 Å². The number of aliphatic hydroxyl groups excluding tert-OH is 2. The summed E-state index contributed by atoms with van der Waals surface area (Å²) in [6, 6.07) is 0. The van der Waals surface area contributed by atoms with E-state index in [0.29, 0.717) is 29.6 Å². The number of nitrogens with one attached hydrogen (secondary N) is 1. The number of ether oxygens (including phenoxy) is 1. The highest BCUT2D eigenvalue weighted by Crippen LogP contribution is 2.78. The Labute approximate surface area is 284 Å². The van der Waals surface area contributed by atoms with Crippen molar-refractivity contribution in [3.8, 4) is 0 Å². The van der Waals surface area contributed by atoms with Gasteiger partial charge in [0.1, 0.15) is 19.1 Å². The number of aliphatic carboxylic acids is 1. The summed E-state index contributed by atoms with van der Waals surface area (Å²) in [6.07, 6.45) is 9.87. The Hall–Kier alpha value is -1.48. The summed E-state index contributed by atoms with van der Waals surface area (Å²) in [4.78, 5) is 24.5. The van der Waals surface area contributed by atoms with Crippen LogP contribution in [0.25, 0.3) is 0 Å². The van der Waals surface area contributed by atoms with E-state index < -0.39 is 17.6 Å². The Morgan fingerprint density at radius 3 is 2.23 bits per heavy atom. The lowest BCUT2D eigenvalue weighted by molar-refractivity contribution is -0.263. The van der Waals surface area contributed by atoms with Crippen LogP contribution in [-0.2, 0) is 14.3 Å². The Morgan fingerprint density at radius 1 is 0.936 bits per heavy atom.